The van der Waals surface area contributed by atoms with Crippen molar-refractivity contribution in [1.82, 2.24) is 16.0 Å². The molecular weight excluding hydrogens is 324 g/mol. The molecule has 4 atom stereocenters. The van der Waals surface area contributed by atoms with Crippen molar-refractivity contribution in [2.24, 2.45) is 10.9 Å². The van der Waals surface area contributed by atoms with E-state index in [0.29, 0.717) is 18.0 Å². The van der Waals surface area contributed by atoms with Crippen molar-refractivity contribution in [3.8, 4) is 0 Å². The fourth-order valence-electron chi connectivity index (χ4n) is 3.92. The summed E-state index contributed by atoms with van der Waals surface area (Å²) in [5.74, 6) is 1.74. The number of nitrogens with one attached hydrogen (secondary N) is 3. The standard InChI is InChI=1S/C21H32N4O/c1-14(2)23-20(26)16-10-7-11-17(12-16)24-21(22-3)25-19-13-18(19)15-8-5-4-6-9-15/h4-6,8-9,14,16-19H,7,10-13H2,1-3H3,(H,23,26)(H2,22,24,25). The quantitative estimate of drug-likeness (QED) is 0.561. The van der Waals surface area contributed by atoms with E-state index in [1.54, 1.807) is 0 Å². The summed E-state index contributed by atoms with van der Waals surface area (Å²) < 4.78 is 0. The smallest absolute Gasteiger partial charge is 0.223 e. The van der Waals surface area contributed by atoms with E-state index >= 15 is 0 Å². The molecule has 0 radical (unpaired) electrons. The first kappa shape index (κ1) is 18.7. The van der Waals surface area contributed by atoms with Crippen molar-refractivity contribution in [3.63, 3.8) is 0 Å². The second-order valence-corrected chi connectivity index (χ2v) is 7.94. The van der Waals surface area contributed by atoms with E-state index in [1.807, 2.05) is 20.9 Å². The van der Waals surface area contributed by atoms with Gasteiger partial charge in [-0.2, -0.15) is 0 Å². The zero-order valence-corrected chi connectivity index (χ0v) is 16.2. The molecule has 1 aromatic carbocycles. The molecule has 3 N–H and O–H groups in total. The zero-order valence-electron chi connectivity index (χ0n) is 16.2. The summed E-state index contributed by atoms with van der Waals surface area (Å²) in [6.07, 6.45) is 5.20. The van der Waals surface area contributed by atoms with Gasteiger partial charge in [0.1, 0.15) is 0 Å². The number of hydrogen-bond donors (Lipinski definition) is 3. The van der Waals surface area contributed by atoms with Crippen LogP contribution in [0.5, 0.6) is 0 Å². The highest BCUT2D eigenvalue weighted by atomic mass is 16.1. The van der Waals surface area contributed by atoms with Gasteiger partial charge in [-0.15, -0.1) is 0 Å². The number of hydrogen-bond acceptors (Lipinski definition) is 2. The molecule has 2 fully saturated rings. The molecule has 2 aliphatic rings. The molecule has 0 saturated heterocycles. The zero-order chi connectivity index (χ0) is 18.5. The van der Waals surface area contributed by atoms with E-state index in [2.05, 4.69) is 51.3 Å². The summed E-state index contributed by atoms with van der Waals surface area (Å²) in [5.41, 5.74) is 1.39. The van der Waals surface area contributed by atoms with Gasteiger partial charge in [0.15, 0.2) is 5.96 Å². The highest BCUT2D eigenvalue weighted by Gasteiger charge is 2.39. The first-order chi connectivity index (χ1) is 12.6. The Bertz CT molecular complexity index is 628. The van der Waals surface area contributed by atoms with Crippen LogP contribution in [0.15, 0.2) is 35.3 Å². The van der Waals surface area contributed by atoms with Gasteiger partial charge in [-0.1, -0.05) is 36.8 Å². The Labute approximate surface area is 157 Å². The van der Waals surface area contributed by atoms with E-state index in [4.69, 9.17) is 0 Å². The number of carbonyl (C=O) groups excluding carboxylic acids is 1. The summed E-state index contributed by atoms with van der Waals surface area (Å²) in [6.45, 7) is 4.03. The molecule has 5 nitrogen and oxygen atoms in total. The summed E-state index contributed by atoms with van der Waals surface area (Å²) in [5, 5.41) is 10.2. The van der Waals surface area contributed by atoms with Gasteiger partial charge in [0.05, 0.1) is 0 Å². The average Bonchev–Trinajstić information content (AvgIpc) is 3.41. The van der Waals surface area contributed by atoms with Gasteiger partial charge in [-0.25, -0.2) is 0 Å². The van der Waals surface area contributed by atoms with Crippen molar-refractivity contribution in [3.05, 3.63) is 35.9 Å². The number of carbonyl (C=O) groups is 1. The fourth-order valence-corrected chi connectivity index (χ4v) is 3.92. The molecule has 1 amide bonds. The Morgan fingerprint density at radius 3 is 2.58 bits per heavy atom. The monoisotopic (exact) mass is 356 g/mol. The van der Waals surface area contributed by atoms with Crippen LogP contribution < -0.4 is 16.0 Å². The highest BCUT2D eigenvalue weighted by Crippen LogP contribution is 2.40. The molecule has 0 aliphatic heterocycles. The van der Waals surface area contributed by atoms with Crippen LogP contribution in [0.3, 0.4) is 0 Å². The predicted molar refractivity (Wildman–Crippen MR) is 106 cm³/mol. The number of guanidine groups is 1. The number of rotatable bonds is 5. The molecule has 0 spiro atoms. The highest BCUT2D eigenvalue weighted by molar-refractivity contribution is 5.81. The molecule has 142 valence electrons. The summed E-state index contributed by atoms with van der Waals surface area (Å²) in [6, 6.07) is 11.6. The Morgan fingerprint density at radius 1 is 1.12 bits per heavy atom. The Kier molecular flexibility index (Phi) is 6.17. The SMILES string of the molecule is CN=C(NC1CCCC(C(=O)NC(C)C)C1)NC1CC1c1ccccc1. The predicted octanol–water partition coefficient (Wildman–Crippen LogP) is 2.79. The third-order valence-corrected chi connectivity index (χ3v) is 5.38. The maximum Gasteiger partial charge on any atom is 0.223 e. The number of nitrogens with zero attached hydrogens (tertiary/aromatic N) is 1. The molecular formula is C21H32N4O. The maximum absolute atomic E-state index is 12.3. The second-order valence-electron chi connectivity index (χ2n) is 7.94. The Balaban J connectivity index is 1.48. The topological polar surface area (TPSA) is 65.5 Å². The van der Waals surface area contributed by atoms with E-state index in [1.165, 1.54) is 5.56 Å². The normalized spacial score (nSPS) is 28.5. The van der Waals surface area contributed by atoms with Gasteiger partial charge in [-0.3, -0.25) is 9.79 Å². The molecule has 26 heavy (non-hydrogen) atoms. The molecule has 2 aliphatic carbocycles. The maximum atomic E-state index is 12.3. The van der Waals surface area contributed by atoms with Crippen LogP contribution in [0.4, 0.5) is 0 Å². The van der Waals surface area contributed by atoms with Gasteiger partial charge in [0.2, 0.25) is 5.91 Å². The van der Waals surface area contributed by atoms with Crippen molar-refractivity contribution in [1.29, 1.82) is 0 Å². The average molecular weight is 357 g/mol. The molecule has 0 heterocycles. The number of benzene rings is 1. The van der Waals surface area contributed by atoms with Crippen LogP contribution in [0.25, 0.3) is 0 Å². The van der Waals surface area contributed by atoms with E-state index in [9.17, 15) is 4.79 Å². The van der Waals surface area contributed by atoms with Gasteiger partial charge < -0.3 is 16.0 Å². The minimum Gasteiger partial charge on any atom is -0.354 e. The molecule has 1 aromatic rings. The minimum atomic E-state index is 0.111. The number of aliphatic imine (C=N–C) groups is 1. The van der Waals surface area contributed by atoms with Gasteiger partial charge in [-0.05, 0) is 45.1 Å². The van der Waals surface area contributed by atoms with Crippen molar-refractivity contribution < 1.29 is 4.79 Å². The van der Waals surface area contributed by atoms with Crippen LogP contribution in [0.1, 0.15) is 57.4 Å². The van der Waals surface area contributed by atoms with Gasteiger partial charge >= 0.3 is 0 Å². The van der Waals surface area contributed by atoms with Crippen LogP contribution in [0, 0.1) is 5.92 Å². The molecule has 0 aromatic heterocycles. The molecule has 4 unspecified atom stereocenters. The summed E-state index contributed by atoms with van der Waals surface area (Å²) in [7, 11) is 1.82. The van der Waals surface area contributed by atoms with E-state index < -0.39 is 0 Å². The molecule has 5 heteroatoms. The Hall–Kier alpha value is -2.04. The molecule has 2 saturated carbocycles. The van der Waals surface area contributed by atoms with Crippen molar-refractivity contribution in [2.75, 3.05) is 7.05 Å². The number of amides is 1. The van der Waals surface area contributed by atoms with Crippen molar-refractivity contribution >= 4 is 11.9 Å². The van der Waals surface area contributed by atoms with Crippen LogP contribution >= 0.6 is 0 Å². The molecule has 3 rings (SSSR count). The first-order valence-corrected chi connectivity index (χ1v) is 9.92. The lowest BCUT2D eigenvalue weighted by molar-refractivity contribution is -0.126. The lowest BCUT2D eigenvalue weighted by Crippen LogP contribution is -2.48. The minimum absolute atomic E-state index is 0.111. The largest absolute Gasteiger partial charge is 0.354 e. The van der Waals surface area contributed by atoms with Crippen LogP contribution in [-0.4, -0.2) is 37.0 Å². The van der Waals surface area contributed by atoms with Gasteiger partial charge in [0, 0.05) is 37.0 Å². The van der Waals surface area contributed by atoms with E-state index in [0.717, 1.165) is 38.1 Å². The van der Waals surface area contributed by atoms with Crippen molar-refractivity contribution in [2.45, 2.75) is 70.0 Å². The first-order valence-electron chi connectivity index (χ1n) is 9.92. The second kappa shape index (κ2) is 8.56. The van der Waals surface area contributed by atoms with Crippen LogP contribution in [-0.2, 0) is 4.79 Å². The molecule has 0 bridgehead atoms. The lowest BCUT2D eigenvalue weighted by Gasteiger charge is -2.30. The Morgan fingerprint density at radius 2 is 1.88 bits per heavy atom. The van der Waals surface area contributed by atoms with Gasteiger partial charge in [0.25, 0.3) is 0 Å². The summed E-state index contributed by atoms with van der Waals surface area (Å²) in [4.78, 5) is 16.7. The summed E-state index contributed by atoms with van der Waals surface area (Å²) >= 11 is 0. The fraction of sp³-hybridized carbons (Fsp3) is 0.619. The van der Waals surface area contributed by atoms with E-state index in [-0.39, 0.29) is 17.9 Å². The third kappa shape index (κ3) is 4.99. The van der Waals surface area contributed by atoms with Crippen LogP contribution in [0.2, 0.25) is 0 Å². The third-order valence-electron chi connectivity index (χ3n) is 5.38. The lowest BCUT2D eigenvalue weighted by atomic mass is 9.85.